The molecule has 5 rings (SSSR count). The van der Waals surface area contributed by atoms with E-state index in [1.165, 1.54) is 47.4 Å². The van der Waals surface area contributed by atoms with Crippen LogP contribution in [0.25, 0.3) is 0 Å². The highest BCUT2D eigenvalue weighted by Gasteiger charge is 2.65. The number of halogens is 1. The van der Waals surface area contributed by atoms with Gasteiger partial charge in [-0.05, 0) is 73.2 Å². The number of rotatable bonds is 6. The number of benzene rings is 3. The van der Waals surface area contributed by atoms with Gasteiger partial charge < -0.3 is 10.4 Å². The third-order valence-electron chi connectivity index (χ3n) is 7.87. The first-order valence-electron chi connectivity index (χ1n) is 12.9. The second-order valence-corrected chi connectivity index (χ2v) is 11.2. The monoisotopic (exact) mass is 556 g/mol. The number of carbonyl (C=O) groups is 3. The van der Waals surface area contributed by atoms with E-state index in [9.17, 15) is 23.9 Å². The molecule has 4 aromatic rings. The maximum Gasteiger partial charge on any atom is 0.330 e. The molecule has 2 N–H and O–H groups in total. The smallest absolute Gasteiger partial charge is 0.330 e. The molecule has 0 radical (unpaired) electrons. The van der Waals surface area contributed by atoms with Crippen LogP contribution in [0.1, 0.15) is 50.8 Å². The molecule has 4 atom stereocenters. The second kappa shape index (κ2) is 10.7. The molecule has 40 heavy (non-hydrogen) atoms. The summed E-state index contributed by atoms with van der Waals surface area (Å²) in [5.41, 5.74) is 1.17. The molecule has 0 aliphatic carbocycles. The quantitative estimate of drug-likeness (QED) is 0.246. The van der Waals surface area contributed by atoms with Crippen LogP contribution in [0, 0.1) is 25.6 Å². The Morgan fingerprint density at radius 1 is 0.900 bits per heavy atom. The number of carboxylic acids is 1. The summed E-state index contributed by atoms with van der Waals surface area (Å²) in [6, 6.07) is 21.7. The Kier molecular flexibility index (Phi) is 7.29. The number of ketones is 1. The van der Waals surface area contributed by atoms with E-state index >= 15 is 0 Å². The van der Waals surface area contributed by atoms with E-state index in [1.807, 2.05) is 37.4 Å². The minimum absolute atomic E-state index is 0.271. The standard InChI is InChI=1S/C32H29FN2O4S/c1-19-9-7-8-12-24(19)28(36)25-26(29-20(2)17-18-40-29)32(3,30(37)38)35(27(25)21-13-15-22(33)16-14-21)31(39)34-23-10-5-4-6-11-23/h4-18,25-27H,1-3H3,(H,34,39)(H,37,38). The number of hydrogen-bond acceptors (Lipinski definition) is 4. The summed E-state index contributed by atoms with van der Waals surface area (Å²) >= 11 is 1.37. The maximum atomic E-state index is 14.6. The highest BCUT2D eigenvalue weighted by Crippen LogP contribution is 2.58. The first-order chi connectivity index (χ1) is 19.1. The zero-order chi connectivity index (χ0) is 28.6. The lowest BCUT2D eigenvalue weighted by Gasteiger charge is -2.37. The fourth-order valence-electron chi connectivity index (χ4n) is 5.87. The molecule has 1 aliphatic rings. The van der Waals surface area contributed by atoms with Gasteiger partial charge in [0.1, 0.15) is 11.4 Å². The number of urea groups is 1. The molecule has 0 saturated carbocycles. The van der Waals surface area contributed by atoms with Crippen molar-refractivity contribution in [2.75, 3.05) is 5.32 Å². The molecule has 1 fully saturated rings. The number of Topliss-reactive ketones (excluding diaryl/α,β-unsaturated/α-hetero) is 1. The normalized spacial score (nSPS) is 22.2. The average molecular weight is 557 g/mol. The SMILES string of the molecule is Cc1ccccc1C(=O)C1C(c2ccc(F)cc2)N(C(=O)Nc2ccccc2)C(C)(C(=O)O)C1c1sccc1C. The molecule has 204 valence electrons. The van der Waals surface area contributed by atoms with Gasteiger partial charge in [-0.1, -0.05) is 54.6 Å². The Morgan fingerprint density at radius 3 is 2.15 bits per heavy atom. The average Bonchev–Trinajstić information content (AvgIpc) is 3.48. The lowest BCUT2D eigenvalue weighted by atomic mass is 9.73. The van der Waals surface area contributed by atoms with E-state index in [4.69, 9.17) is 0 Å². The van der Waals surface area contributed by atoms with E-state index < -0.39 is 41.2 Å². The van der Waals surface area contributed by atoms with Crippen molar-refractivity contribution in [3.05, 3.63) is 123 Å². The summed E-state index contributed by atoms with van der Waals surface area (Å²) in [7, 11) is 0. The highest BCUT2D eigenvalue weighted by molar-refractivity contribution is 7.10. The maximum absolute atomic E-state index is 14.6. The highest BCUT2D eigenvalue weighted by atomic mass is 32.1. The van der Waals surface area contributed by atoms with Crippen molar-refractivity contribution < 1.29 is 23.9 Å². The molecule has 0 bridgehead atoms. The predicted octanol–water partition coefficient (Wildman–Crippen LogP) is 7.22. The molecule has 1 aliphatic heterocycles. The molecular formula is C32H29FN2O4S. The van der Waals surface area contributed by atoms with Gasteiger partial charge >= 0.3 is 12.0 Å². The summed E-state index contributed by atoms with van der Waals surface area (Å²) in [5, 5.41) is 15.6. The number of anilines is 1. The Hall–Kier alpha value is -4.30. The zero-order valence-electron chi connectivity index (χ0n) is 22.3. The van der Waals surface area contributed by atoms with Crippen LogP contribution in [0.4, 0.5) is 14.9 Å². The largest absolute Gasteiger partial charge is 0.479 e. The van der Waals surface area contributed by atoms with E-state index in [2.05, 4.69) is 5.32 Å². The number of carbonyl (C=O) groups excluding carboxylic acids is 2. The van der Waals surface area contributed by atoms with Crippen LogP contribution in [0.5, 0.6) is 0 Å². The fraction of sp³-hybridized carbons (Fsp3) is 0.219. The van der Waals surface area contributed by atoms with Crippen molar-refractivity contribution in [1.29, 1.82) is 0 Å². The number of likely N-dealkylation sites (tertiary alicyclic amines) is 1. The Labute approximate surface area is 236 Å². The van der Waals surface area contributed by atoms with Gasteiger partial charge in [-0.25, -0.2) is 14.0 Å². The molecule has 2 amide bonds. The van der Waals surface area contributed by atoms with Crippen LogP contribution in [0.3, 0.4) is 0 Å². The molecule has 8 heteroatoms. The summed E-state index contributed by atoms with van der Waals surface area (Å²) in [6.07, 6.45) is 0. The molecular weight excluding hydrogens is 527 g/mol. The Bertz CT molecular complexity index is 1570. The van der Waals surface area contributed by atoms with Crippen LogP contribution in [0.15, 0.2) is 90.3 Å². The van der Waals surface area contributed by atoms with Crippen molar-refractivity contribution in [1.82, 2.24) is 4.90 Å². The van der Waals surface area contributed by atoms with Crippen LogP contribution >= 0.6 is 11.3 Å². The van der Waals surface area contributed by atoms with Gasteiger partial charge in [0.05, 0.1) is 12.0 Å². The van der Waals surface area contributed by atoms with Crippen LogP contribution in [-0.2, 0) is 4.79 Å². The van der Waals surface area contributed by atoms with Crippen LogP contribution in [-0.4, -0.2) is 33.3 Å². The van der Waals surface area contributed by atoms with Crippen molar-refractivity contribution >= 4 is 34.8 Å². The summed E-state index contributed by atoms with van der Waals surface area (Å²) in [6.45, 7) is 5.21. The number of aryl methyl sites for hydroxylation is 2. The van der Waals surface area contributed by atoms with Crippen molar-refractivity contribution in [3.8, 4) is 0 Å². The minimum atomic E-state index is -1.82. The van der Waals surface area contributed by atoms with E-state index in [1.54, 1.807) is 42.5 Å². The third-order valence-corrected chi connectivity index (χ3v) is 8.97. The third kappa shape index (κ3) is 4.58. The van der Waals surface area contributed by atoms with E-state index in [0.717, 1.165) is 16.0 Å². The number of nitrogens with zero attached hydrogens (tertiary/aromatic N) is 1. The molecule has 3 aromatic carbocycles. The lowest BCUT2D eigenvalue weighted by Crippen LogP contribution is -2.55. The molecule has 6 nitrogen and oxygen atoms in total. The number of amides is 2. The summed E-state index contributed by atoms with van der Waals surface area (Å²) in [4.78, 5) is 44.0. The molecule has 0 spiro atoms. The van der Waals surface area contributed by atoms with Gasteiger partial charge in [0.2, 0.25) is 0 Å². The molecule has 4 unspecified atom stereocenters. The molecule has 1 aromatic heterocycles. The van der Waals surface area contributed by atoms with Crippen molar-refractivity contribution in [2.45, 2.75) is 38.3 Å². The first-order valence-corrected chi connectivity index (χ1v) is 13.8. The van der Waals surface area contributed by atoms with Gasteiger partial charge in [-0.2, -0.15) is 0 Å². The summed E-state index contributed by atoms with van der Waals surface area (Å²) in [5.74, 6) is -3.83. The fourth-order valence-corrected chi connectivity index (χ4v) is 7.07. The van der Waals surface area contributed by atoms with E-state index in [0.29, 0.717) is 16.8 Å². The number of carboxylic acid groups (broad SMARTS) is 1. The van der Waals surface area contributed by atoms with E-state index in [-0.39, 0.29) is 5.78 Å². The number of thiophene rings is 1. The van der Waals surface area contributed by atoms with Gasteiger partial charge in [-0.3, -0.25) is 9.69 Å². The Balaban J connectivity index is 1.79. The number of para-hydroxylation sites is 1. The lowest BCUT2D eigenvalue weighted by molar-refractivity contribution is -0.148. The van der Waals surface area contributed by atoms with Gasteiger partial charge in [-0.15, -0.1) is 11.3 Å². The topological polar surface area (TPSA) is 86.7 Å². The summed E-state index contributed by atoms with van der Waals surface area (Å²) < 4.78 is 14.1. The minimum Gasteiger partial charge on any atom is -0.479 e. The van der Waals surface area contributed by atoms with Crippen LogP contribution < -0.4 is 5.32 Å². The van der Waals surface area contributed by atoms with Crippen molar-refractivity contribution in [2.24, 2.45) is 5.92 Å². The first kappa shape index (κ1) is 27.3. The second-order valence-electron chi connectivity index (χ2n) is 10.3. The van der Waals surface area contributed by atoms with Crippen molar-refractivity contribution in [3.63, 3.8) is 0 Å². The molecule has 2 heterocycles. The number of aliphatic carboxylic acids is 1. The molecule has 1 saturated heterocycles. The van der Waals surface area contributed by atoms with Crippen LogP contribution in [0.2, 0.25) is 0 Å². The predicted molar refractivity (Wildman–Crippen MR) is 153 cm³/mol. The van der Waals surface area contributed by atoms with Gasteiger partial charge in [0.25, 0.3) is 0 Å². The zero-order valence-corrected chi connectivity index (χ0v) is 23.1. The van der Waals surface area contributed by atoms with Gasteiger partial charge in [0, 0.05) is 22.0 Å². The number of nitrogens with one attached hydrogen (secondary N) is 1. The van der Waals surface area contributed by atoms with Gasteiger partial charge in [0.15, 0.2) is 5.78 Å². The Morgan fingerprint density at radius 2 is 1.55 bits per heavy atom. The number of hydrogen-bond donors (Lipinski definition) is 2.